The summed E-state index contributed by atoms with van der Waals surface area (Å²) in [6.07, 6.45) is -0.618. The number of anilines is 1. The van der Waals surface area contributed by atoms with E-state index in [1.54, 1.807) is 24.3 Å². The number of aliphatic hydroxyl groups is 2. The molecule has 0 unspecified atom stereocenters. The molecule has 0 spiro atoms. The Morgan fingerprint density at radius 1 is 0.805 bits per heavy atom. The van der Waals surface area contributed by atoms with Crippen LogP contribution < -0.4 is 33.7 Å². The molecular weight excluding hydrogens is 537 g/mol. The normalized spacial score (nSPS) is 17.1. The lowest BCUT2D eigenvalue weighted by molar-refractivity contribution is -0.118. The van der Waals surface area contributed by atoms with Crippen molar-refractivity contribution in [1.29, 1.82) is 0 Å². The first-order chi connectivity index (χ1) is 19.8. The molecule has 3 aromatic carbocycles. The van der Waals surface area contributed by atoms with E-state index in [0.717, 1.165) is 0 Å². The number of ether oxygens (including phenoxy) is 6. The Hall–Kier alpha value is -4.22. The Morgan fingerprint density at radius 2 is 1.29 bits per heavy atom. The van der Waals surface area contributed by atoms with Crippen molar-refractivity contribution in [1.82, 2.24) is 0 Å². The molecule has 3 aromatic rings. The molecule has 0 fully saturated rings. The maximum atomic E-state index is 14.4. The summed E-state index contributed by atoms with van der Waals surface area (Å²) >= 11 is 0. The monoisotopic (exact) mass is 567 g/mol. The van der Waals surface area contributed by atoms with Crippen LogP contribution in [-0.2, 0) is 10.2 Å². The summed E-state index contributed by atoms with van der Waals surface area (Å²) in [6.45, 7) is 3.50. The topological polar surface area (TPSA) is 125 Å². The van der Waals surface area contributed by atoms with Crippen molar-refractivity contribution >= 4 is 11.6 Å². The Morgan fingerprint density at radius 3 is 1.78 bits per heavy atom. The molecule has 11 heteroatoms. The van der Waals surface area contributed by atoms with Gasteiger partial charge in [-0.25, -0.2) is 4.39 Å². The number of carbonyl (C=O) groups is 1. The molecule has 3 heterocycles. The summed E-state index contributed by atoms with van der Waals surface area (Å²) in [4.78, 5) is 14.4. The average molecular weight is 568 g/mol. The number of aliphatic hydroxyl groups excluding tert-OH is 2. The van der Waals surface area contributed by atoms with Crippen LogP contribution in [0.25, 0.3) is 0 Å². The highest BCUT2D eigenvalue weighted by Gasteiger charge is 2.54. The Balaban J connectivity index is 1.64. The molecular formula is C30H30FNO9. The van der Waals surface area contributed by atoms with Crippen molar-refractivity contribution in [3.63, 3.8) is 0 Å². The maximum Gasteiger partial charge on any atom is 0.244 e. The number of hydrogen-bond donors (Lipinski definition) is 3. The van der Waals surface area contributed by atoms with Gasteiger partial charge in [0, 0.05) is 34.5 Å². The lowest BCUT2D eigenvalue weighted by atomic mass is 9.69. The maximum absolute atomic E-state index is 14.4. The molecule has 3 aliphatic heterocycles. The molecule has 3 aliphatic rings. The zero-order valence-electron chi connectivity index (χ0n) is 22.6. The fourth-order valence-corrected chi connectivity index (χ4v) is 5.24. The second kappa shape index (κ2) is 10.6. The molecule has 0 saturated heterocycles. The molecule has 0 aromatic heterocycles. The number of carbonyl (C=O) groups excluding carboxylic acids is 1. The van der Waals surface area contributed by atoms with Crippen molar-refractivity contribution in [2.24, 2.45) is 0 Å². The number of benzene rings is 3. The SMILES string of the molecule is CC[C@@H](O)COc1cc2c(cc1C1(c3cc4c(cc3OC[C@H](O)CC)OCO4)C(=O)Nc3cc(F)ccc31)OCO2. The molecule has 0 radical (unpaired) electrons. The first kappa shape index (κ1) is 27.0. The number of rotatable bonds is 10. The highest BCUT2D eigenvalue weighted by atomic mass is 19.1. The van der Waals surface area contributed by atoms with Gasteiger partial charge in [0.2, 0.25) is 19.5 Å². The average Bonchev–Trinajstić information content (AvgIpc) is 3.69. The second-order valence-corrected chi connectivity index (χ2v) is 10.0. The molecule has 1 amide bonds. The predicted molar refractivity (Wildman–Crippen MR) is 144 cm³/mol. The van der Waals surface area contributed by atoms with Crippen LogP contribution in [0.2, 0.25) is 0 Å². The molecule has 41 heavy (non-hydrogen) atoms. The number of amides is 1. The largest absolute Gasteiger partial charge is 0.490 e. The number of halogens is 1. The Bertz CT molecular complexity index is 1420. The minimum absolute atomic E-state index is 0.0237. The van der Waals surface area contributed by atoms with E-state index in [1.165, 1.54) is 18.2 Å². The minimum Gasteiger partial charge on any atom is -0.490 e. The van der Waals surface area contributed by atoms with E-state index in [1.807, 2.05) is 13.8 Å². The summed E-state index contributed by atoms with van der Waals surface area (Å²) in [5.74, 6) is 1.08. The molecule has 3 N–H and O–H groups in total. The van der Waals surface area contributed by atoms with Gasteiger partial charge in [0.05, 0.1) is 12.2 Å². The van der Waals surface area contributed by atoms with Crippen molar-refractivity contribution in [3.05, 3.63) is 65.0 Å². The van der Waals surface area contributed by atoms with Crippen LogP contribution in [0.1, 0.15) is 43.4 Å². The van der Waals surface area contributed by atoms with E-state index in [4.69, 9.17) is 28.4 Å². The molecule has 0 bridgehead atoms. The molecule has 0 saturated carbocycles. The highest BCUT2D eigenvalue weighted by molar-refractivity contribution is 6.12. The first-order valence-electron chi connectivity index (χ1n) is 13.5. The summed E-state index contributed by atoms with van der Waals surface area (Å²) in [5, 5.41) is 23.5. The second-order valence-electron chi connectivity index (χ2n) is 10.0. The quantitative estimate of drug-likeness (QED) is 0.335. The lowest BCUT2D eigenvalue weighted by Gasteiger charge is -2.32. The summed E-state index contributed by atoms with van der Waals surface area (Å²) in [6, 6.07) is 10.6. The zero-order chi connectivity index (χ0) is 28.7. The summed E-state index contributed by atoms with van der Waals surface area (Å²) in [7, 11) is 0. The minimum atomic E-state index is -1.66. The predicted octanol–water partition coefficient (Wildman–Crippen LogP) is 3.87. The van der Waals surface area contributed by atoms with E-state index in [9.17, 15) is 19.4 Å². The highest BCUT2D eigenvalue weighted by Crippen LogP contribution is 2.56. The van der Waals surface area contributed by atoms with Crippen LogP contribution in [0.15, 0.2) is 42.5 Å². The fourth-order valence-electron chi connectivity index (χ4n) is 5.24. The Labute approximate surface area is 235 Å². The van der Waals surface area contributed by atoms with Crippen LogP contribution in [0, 0.1) is 5.82 Å². The lowest BCUT2D eigenvalue weighted by Crippen LogP contribution is -2.38. The van der Waals surface area contributed by atoms with Gasteiger partial charge in [-0.05, 0) is 37.1 Å². The first-order valence-corrected chi connectivity index (χ1v) is 13.5. The standard InChI is InChI=1S/C30H30FNO9/c1-3-17(33)12-36-23-10-27-25(38-14-40-27)8-20(23)30(19-6-5-16(31)7-22(19)32-29(30)35)21-9-26-28(41-15-39-26)11-24(21)37-13-18(34)4-2/h5-11,17-18,33-34H,3-4,12-15H2,1-2H3,(H,32,35)/t17-,18-/m1/s1. The van der Waals surface area contributed by atoms with Gasteiger partial charge in [-0.15, -0.1) is 0 Å². The van der Waals surface area contributed by atoms with Crippen molar-refractivity contribution < 1.29 is 47.8 Å². The van der Waals surface area contributed by atoms with E-state index in [-0.39, 0.29) is 44.0 Å². The van der Waals surface area contributed by atoms with Gasteiger partial charge in [-0.3, -0.25) is 4.79 Å². The number of nitrogens with one attached hydrogen (secondary N) is 1. The third kappa shape index (κ3) is 4.54. The van der Waals surface area contributed by atoms with Gasteiger partial charge < -0.3 is 44.0 Å². The number of fused-ring (bicyclic) bond motifs is 3. The van der Waals surface area contributed by atoms with E-state index >= 15 is 0 Å². The van der Waals surface area contributed by atoms with Crippen molar-refractivity contribution in [2.75, 3.05) is 32.1 Å². The van der Waals surface area contributed by atoms with E-state index in [2.05, 4.69) is 5.32 Å². The molecule has 0 aliphatic carbocycles. The molecule has 10 nitrogen and oxygen atoms in total. The molecule has 216 valence electrons. The third-order valence-electron chi connectivity index (χ3n) is 7.54. The molecule has 6 rings (SSSR count). The smallest absolute Gasteiger partial charge is 0.244 e. The van der Waals surface area contributed by atoms with Crippen LogP contribution in [-0.4, -0.2) is 55.1 Å². The van der Waals surface area contributed by atoms with Crippen molar-refractivity contribution in [2.45, 2.75) is 44.3 Å². The van der Waals surface area contributed by atoms with Crippen molar-refractivity contribution in [3.8, 4) is 34.5 Å². The number of hydrogen-bond acceptors (Lipinski definition) is 9. The van der Waals surface area contributed by atoms with E-state index < -0.39 is 29.3 Å². The van der Waals surface area contributed by atoms with Crippen LogP contribution >= 0.6 is 0 Å². The fraction of sp³-hybridized carbons (Fsp3) is 0.367. The Kier molecular flexibility index (Phi) is 7.00. The molecule has 2 atom stereocenters. The van der Waals surface area contributed by atoms with Gasteiger partial charge in [0.1, 0.15) is 35.9 Å². The van der Waals surface area contributed by atoms with Gasteiger partial charge in [-0.1, -0.05) is 19.9 Å². The zero-order valence-corrected chi connectivity index (χ0v) is 22.6. The van der Waals surface area contributed by atoms with Gasteiger partial charge in [-0.2, -0.15) is 0 Å². The van der Waals surface area contributed by atoms with Crippen LogP contribution in [0.5, 0.6) is 34.5 Å². The summed E-state index contributed by atoms with van der Waals surface area (Å²) in [5.41, 5.74) is -0.252. The van der Waals surface area contributed by atoms with Gasteiger partial charge in [0.25, 0.3) is 0 Å². The van der Waals surface area contributed by atoms with E-state index in [0.29, 0.717) is 52.5 Å². The van der Waals surface area contributed by atoms with Gasteiger partial charge in [0.15, 0.2) is 23.0 Å². The third-order valence-corrected chi connectivity index (χ3v) is 7.54. The summed E-state index contributed by atoms with van der Waals surface area (Å²) < 4.78 is 49.3. The van der Waals surface area contributed by atoms with Crippen LogP contribution in [0.4, 0.5) is 10.1 Å². The van der Waals surface area contributed by atoms with Gasteiger partial charge >= 0.3 is 0 Å². The van der Waals surface area contributed by atoms with Crippen LogP contribution in [0.3, 0.4) is 0 Å².